The third-order valence-electron chi connectivity index (χ3n) is 26.0. The van der Waals surface area contributed by atoms with Crippen LogP contribution >= 0.6 is 0 Å². The zero-order valence-electron chi connectivity index (χ0n) is 70.1. The van der Waals surface area contributed by atoms with Crippen LogP contribution in [-0.2, 0) is 7.05 Å². The molecule has 6 heterocycles. The second-order valence-corrected chi connectivity index (χ2v) is 33.1. The Balaban J connectivity index is 0.000000144. The highest BCUT2D eigenvalue weighted by atomic mass is 15.0. The van der Waals surface area contributed by atoms with Crippen molar-refractivity contribution in [2.24, 2.45) is 7.05 Å². The molecule has 19 aromatic carbocycles. The van der Waals surface area contributed by atoms with E-state index in [9.17, 15) is 0 Å². The summed E-state index contributed by atoms with van der Waals surface area (Å²) < 4.78 is 9.55. The first kappa shape index (κ1) is 74.2. The number of rotatable bonds is 12. The van der Waals surface area contributed by atoms with Gasteiger partial charge in [0.2, 0.25) is 0 Å². The van der Waals surface area contributed by atoms with Crippen molar-refractivity contribution >= 4 is 147 Å². The molecular formula is C119H80N8. The molecule has 6 aromatic heterocycles. The molecule has 0 aliphatic heterocycles. The predicted octanol–water partition coefficient (Wildman–Crippen LogP) is 31.3. The molecular weight excluding hydrogens is 1540 g/mol. The molecule has 0 unspecified atom stereocenters. The topological polar surface area (TPSA) is 71.3 Å². The summed E-state index contributed by atoms with van der Waals surface area (Å²) in [7, 11) is 2.19. The van der Waals surface area contributed by atoms with Crippen LogP contribution in [0.15, 0.2) is 431 Å². The molecule has 8 nitrogen and oxygen atoms in total. The summed E-state index contributed by atoms with van der Waals surface area (Å²) in [6.07, 6.45) is 7.97. The van der Waals surface area contributed by atoms with Crippen molar-refractivity contribution in [1.29, 1.82) is 0 Å². The summed E-state index contributed by atoms with van der Waals surface area (Å²) in [4.78, 5) is 20.0. The summed E-state index contributed by atoms with van der Waals surface area (Å²) in [6, 6.07) is 148. The van der Waals surface area contributed by atoms with E-state index in [4.69, 9.17) is 19.9 Å². The van der Waals surface area contributed by atoms with Crippen molar-refractivity contribution < 1.29 is 0 Å². The number of nitrogens with zero attached hydrogens (tertiary/aromatic N) is 8. The number of aryl methyl sites for hydroxylation is 1. The first-order valence-corrected chi connectivity index (χ1v) is 43.5. The summed E-state index contributed by atoms with van der Waals surface area (Å²) in [6.45, 7) is 4.09. The maximum absolute atomic E-state index is 5.29. The highest BCUT2D eigenvalue weighted by Crippen LogP contribution is 2.46. The van der Waals surface area contributed by atoms with E-state index in [-0.39, 0.29) is 0 Å². The SMILES string of the molecule is C/C=C\C(=C/C)c1ncnc2c1ccc1cccc(-c3ccc(-c4ccc(-n5c6ccccc6c6cc(-c7cc(-c8cccc9c%10ccccc%10n(C)c89)cc8ccccc78)ccc65)cc4)cc3)c12.c1ccc(-c2nc(-c3ccccc3)c3ccc4ccc(-n5c6ccccc6c6cc(-c7ccc8c9ccccc9n(-c9ccccc9)c8c7)ccc65)cc4c3n2)cc1. The Bertz CT molecular complexity index is 8830. The van der Waals surface area contributed by atoms with Gasteiger partial charge in [0.05, 0.1) is 61.0 Å². The van der Waals surface area contributed by atoms with Gasteiger partial charge in [0.15, 0.2) is 5.82 Å². The summed E-state index contributed by atoms with van der Waals surface area (Å²) >= 11 is 0. The van der Waals surface area contributed by atoms with Gasteiger partial charge in [-0.3, -0.25) is 0 Å². The van der Waals surface area contributed by atoms with Gasteiger partial charge in [-0.2, -0.15) is 0 Å². The van der Waals surface area contributed by atoms with E-state index >= 15 is 0 Å². The van der Waals surface area contributed by atoms with Crippen LogP contribution in [0, 0.1) is 0 Å². The van der Waals surface area contributed by atoms with Gasteiger partial charge >= 0.3 is 0 Å². The Hall–Kier alpha value is -16.7. The quantitative estimate of drug-likeness (QED) is 0.0903. The predicted molar refractivity (Wildman–Crippen MR) is 535 cm³/mol. The van der Waals surface area contributed by atoms with E-state index in [0.717, 1.165) is 111 Å². The molecule has 127 heavy (non-hydrogen) atoms. The number of benzene rings is 19. The van der Waals surface area contributed by atoms with Crippen LogP contribution in [0.2, 0.25) is 0 Å². The largest absolute Gasteiger partial charge is 0.343 e. The fourth-order valence-corrected chi connectivity index (χ4v) is 20.1. The van der Waals surface area contributed by atoms with Gasteiger partial charge in [-0.15, -0.1) is 0 Å². The Morgan fingerprint density at radius 1 is 0.260 bits per heavy atom. The maximum Gasteiger partial charge on any atom is 0.160 e. The van der Waals surface area contributed by atoms with Gasteiger partial charge in [0, 0.05) is 111 Å². The minimum atomic E-state index is 0.719. The molecule has 0 amide bonds. The third kappa shape index (κ3) is 12.3. The van der Waals surface area contributed by atoms with Gasteiger partial charge in [-0.25, -0.2) is 19.9 Å². The van der Waals surface area contributed by atoms with Crippen molar-refractivity contribution in [1.82, 2.24) is 38.2 Å². The normalized spacial score (nSPS) is 12.1. The first-order valence-electron chi connectivity index (χ1n) is 43.5. The minimum Gasteiger partial charge on any atom is -0.343 e. The lowest BCUT2D eigenvalue weighted by Crippen LogP contribution is -1.97. The smallest absolute Gasteiger partial charge is 0.160 e. The molecule has 0 radical (unpaired) electrons. The van der Waals surface area contributed by atoms with E-state index in [2.05, 4.69) is 433 Å². The molecule has 596 valence electrons. The average Bonchev–Trinajstić information content (AvgIpc) is 1.65. The van der Waals surface area contributed by atoms with Gasteiger partial charge in [0.1, 0.15) is 6.33 Å². The van der Waals surface area contributed by atoms with Crippen LogP contribution in [-0.4, -0.2) is 38.2 Å². The van der Waals surface area contributed by atoms with Crippen LogP contribution in [0.5, 0.6) is 0 Å². The first-order chi connectivity index (χ1) is 62.8. The number of hydrogen-bond acceptors (Lipinski definition) is 4. The molecule has 0 atom stereocenters. The van der Waals surface area contributed by atoms with E-state index in [0.29, 0.717) is 0 Å². The second-order valence-electron chi connectivity index (χ2n) is 33.1. The summed E-state index contributed by atoms with van der Waals surface area (Å²) in [5.41, 5.74) is 31.8. The Kier molecular flexibility index (Phi) is 17.8. The Labute approximate surface area is 733 Å². The van der Waals surface area contributed by atoms with Gasteiger partial charge < -0.3 is 18.3 Å². The van der Waals surface area contributed by atoms with Gasteiger partial charge in [0.25, 0.3) is 0 Å². The van der Waals surface area contributed by atoms with Gasteiger partial charge in [-0.1, -0.05) is 309 Å². The van der Waals surface area contributed by atoms with Crippen molar-refractivity contribution in [3.05, 3.63) is 437 Å². The lowest BCUT2D eigenvalue weighted by Gasteiger charge is -2.14. The molecule has 0 saturated carbocycles. The Morgan fingerprint density at radius 3 is 1.46 bits per heavy atom. The molecule has 25 aromatic rings. The highest BCUT2D eigenvalue weighted by Gasteiger charge is 2.24. The zero-order valence-corrected chi connectivity index (χ0v) is 70.1. The number of fused-ring (bicyclic) bond motifs is 19. The molecule has 0 aliphatic carbocycles. The average molecular weight is 1620 g/mol. The van der Waals surface area contributed by atoms with E-state index < -0.39 is 0 Å². The minimum absolute atomic E-state index is 0.719. The number of para-hydroxylation sites is 6. The van der Waals surface area contributed by atoms with Crippen LogP contribution in [0.1, 0.15) is 19.5 Å². The number of allylic oxidation sites excluding steroid dienone is 4. The second kappa shape index (κ2) is 30.4. The van der Waals surface area contributed by atoms with Crippen LogP contribution in [0.4, 0.5) is 0 Å². The van der Waals surface area contributed by atoms with Crippen LogP contribution < -0.4 is 0 Å². The molecule has 0 bridgehead atoms. The molecule has 0 fully saturated rings. The third-order valence-corrected chi connectivity index (χ3v) is 26.0. The van der Waals surface area contributed by atoms with E-state index in [1.54, 1.807) is 6.33 Å². The molecule has 0 spiro atoms. The van der Waals surface area contributed by atoms with E-state index in [1.165, 1.54) is 137 Å². The Morgan fingerprint density at radius 2 is 0.748 bits per heavy atom. The lowest BCUT2D eigenvalue weighted by molar-refractivity contribution is 1.02. The van der Waals surface area contributed by atoms with Crippen molar-refractivity contribution in [3.8, 4) is 95.3 Å². The van der Waals surface area contributed by atoms with Crippen molar-refractivity contribution in [3.63, 3.8) is 0 Å². The van der Waals surface area contributed by atoms with Gasteiger partial charge in [-0.05, 0) is 206 Å². The summed E-state index contributed by atoms with van der Waals surface area (Å²) in [5, 5.41) is 19.1. The standard InChI is InChI=1S/C65H46N4.C54H34N4/c1-4-14-41(5-2)63-56-35-31-45-16-12-20-51(62(45)64(56)67-40-66-63)44-27-25-42(26-28-44)43-29-33-49(34-30-43)69-60-24-11-9-19-54(60)58-38-47(32-36-61(58)69)57-39-48(37-46-15-6-7-17-50(46)57)52-21-13-22-55-53-18-8-10-23-59(53)68(3)65(52)55;1-4-14-36(15-5-1)52-45-30-25-35-24-28-41(34-46(35)53(45)56-54(55-52)37-16-6-2-7-17-37)58-49-23-13-11-21-43(49)47-32-38(27-31-50(47)58)39-26-29-44-42-20-10-12-22-48(42)57(51(44)33-39)40-18-8-3-9-19-40/h4-40H,1-3H3;1-34H/b14-4-,41-5+;. The van der Waals surface area contributed by atoms with E-state index in [1.807, 2.05) is 31.2 Å². The maximum atomic E-state index is 5.29. The number of aromatic nitrogens is 8. The highest BCUT2D eigenvalue weighted by molar-refractivity contribution is 6.19. The van der Waals surface area contributed by atoms with Crippen molar-refractivity contribution in [2.45, 2.75) is 13.8 Å². The molecule has 0 saturated heterocycles. The van der Waals surface area contributed by atoms with Crippen LogP contribution in [0.3, 0.4) is 0 Å². The fraction of sp³-hybridized carbons (Fsp3) is 0.0252. The molecule has 0 aliphatic rings. The fourth-order valence-electron chi connectivity index (χ4n) is 20.1. The zero-order chi connectivity index (χ0) is 84.3. The molecule has 8 heteroatoms. The number of hydrogen-bond donors (Lipinski definition) is 0. The monoisotopic (exact) mass is 1620 g/mol. The lowest BCUT2D eigenvalue weighted by atomic mass is 9.91. The van der Waals surface area contributed by atoms with Crippen molar-refractivity contribution in [2.75, 3.05) is 0 Å². The molecule has 0 N–H and O–H groups in total. The summed E-state index contributed by atoms with van der Waals surface area (Å²) in [5.74, 6) is 0.719. The van der Waals surface area contributed by atoms with Crippen LogP contribution in [0.25, 0.3) is 242 Å². The molecule has 25 rings (SSSR count).